The number of aromatic nitrogens is 1. The number of nitrogens with zero attached hydrogens (tertiary/aromatic N) is 2. The minimum Gasteiger partial charge on any atom is -0.397 e. The van der Waals surface area contributed by atoms with E-state index in [9.17, 15) is 0 Å². The van der Waals surface area contributed by atoms with E-state index in [2.05, 4.69) is 54.5 Å². The maximum Gasteiger partial charge on any atom is 0.144 e. The summed E-state index contributed by atoms with van der Waals surface area (Å²) in [5.74, 6) is 1.09. The molecule has 0 aliphatic rings. The molecule has 1 aromatic heterocycles. The molecule has 1 aromatic carbocycles. The Labute approximate surface area is 119 Å². The number of nitrogens with one attached hydrogen (secondary N) is 1. The van der Waals surface area contributed by atoms with Crippen molar-refractivity contribution in [3.63, 3.8) is 0 Å². The van der Waals surface area contributed by atoms with Crippen molar-refractivity contribution < 1.29 is 0 Å². The van der Waals surface area contributed by atoms with Crippen LogP contribution in [0.1, 0.15) is 36.5 Å². The van der Waals surface area contributed by atoms with Crippen LogP contribution in [-0.4, -0.2) is 4.98 Å². The Morgan fingerprint density at radius 1 is 1.30 bits per heavy atom. The number of nitrogen functional groups attached to an aromatic ring is 1. The van der Waals surface area contributed by atoms with Crippen LogP contribution >= 0.6 is 0 Å². The maximum absolute atomic E-state index is 9.05. The number of pyridine rings is 1. The van der Waals surface area contributed by atoms with Crippen LogP contribution in [0, 0.1) is 11.3 Å². The molecule has 0 aliphatic carbocycles. The van der Waals surface area contributed by atoms with Gasteiger partial charge < -0.3 is 11.1 Å². The second kappa shape index (κ2) is 6.07. The Morgan fingerprint density at radius 3 is 2.60 bits per heavy atom. The molecule has 0 saturated heterocycles. The van der Waals surface area contributed by atoms with Gasteiger partial charge in [0.05, 0.1) is 17.4 Å². The predicted octanol–water partition coefficient (Wildman–Crippen LogP) is 3.27. The molecule has 2 aromatic rings. The van der Waals surface area contributed by atoms with Gasteiger partial charge in [-0.05, 0) is 23.1 Å². The molecule has 0 bridgehead atoms. The highest BCUT2D eigenvalue weighted by Crippen LogP contribution is 2.17. The van der Waals surface area contributed by atoms with Gasteiger partial charge in [0.2, 0.25) is 0 Å². The van der Waals surface area contributed by atoms with E-state index < -0.39 is 0 Å². The highest BCUT2D eigenvalue weighted by Gasteiger charge is 2.04. The van der Waals surface area contributed by atoms with Crippen molar-refractivity contribution in [2.24, 2.45) is 0 Å². The van der Waals surface area contributed by atoms with Gasteiger partial charge in [0.1, 0.15) is 11.9 Å². The van der Waals surface area contributed by atoms with Crippen molar-refractivity contribution in [3.8, 4) is 6.07 Å². The van der Waals surface area contributed by atoms with E-state index >= 15 is 0 Å². The standard InChI is InChI=1S/C16H18N4/c1-11(2)13-5-3-12(4-6-13)9-19-16-14(8-17)7-15(18)10-20-16/h3-7,10-11H,9,18H2,1-2H3,(H,19,20). The molecular weight excluding hydrogens is 248 g/mol. The third-order valence-electron chi connectivity index (χ3n) is 3.14. The van der Waals surface area contributed by atoms with E-state index in [0.717, 1.165) is 5.56 Å². The lowest BCUT2D eigenvalue weighted by Gasteiger charge is -2.09. The first-order valence-corrected chi connectivity index (χ1v) is 6.58. The average Bonchev–Trinajstić information content (AvgIpc) is 2.46. The van der Waals surface area contributed by atoms with E-state index in [0.29, 0.717) is 29.5 Å². The quantitative estimate of drug-likeness (QED) is 0.890. The van der Waals surface area contributed by atoms with Crippen molar-refractivity contribution >= 4 is 11.5 Å². The van der Waals surface area contributed by atoms with Crippen LogP contribution in [0.2, 0.25) is 0 Å². The second-order valence-electron chi connectivity index (χ2n) is 5.03. The topological polar surface area (TPSA) is 74.7 Å². The third kappa shape index (κ3) is 3.27. The van der Waals surface area contributed by atoms with Crippen LogP contribution in [0.25, 0.3) is 0 Å². The normalized spacial score (nSPS) is 10.3. The molecule has 102 valence electrons. The van der Waals surface area contributed by atoms with Crippen molar-refractivity contribution in [2.45, 2.75) is 26.3 Å². The minimum absolute atomic E-state index is 0.462. The molecule has 0 amide bonds. The van der Waals surface area contributed by atoms with Gasteiger partial charge in [-0.15, -0.1) is 0 Å². The summed E-state index contributed by atoms with van der Waals surface area (Å²) < 4.78 is 0. The Morgan fingerprint density at radius 2 is 2.00 bits per heavy atom. The van der Waals surface area contributed by atoms with Crippen molar-refractivity contribution in [3.05, 3.63) is 53.2 Å². The lowest BCUT2D eigenvalue weighted by Crippen LogP contribution is -2.04. The van der Waals surface area contributed by atoms with E-state index in [1.807, 2.05) is 0 Å². The molecule has 0 unspecified atom stereocenters. The van der Waals surface area contributed by atoms with Gasteiger partial charge in [-0.25, -0.2) is 4.98 Å². The molecular formula is C16H18N4. The predicted molar refractivity (Wildman–Crippen MR) is 81.2 cm³/mol. The molecule has 0 spiro atoms. The summed E-state index contributed by atoms with van der Waals surface area (Å²) >= 11 is 0. The summed E-state index contributed by atoms with van der Waals surface area (Å²) in [7, 11) is 0. The molecule has 4 heteroatoms. The van der Waals surface area contributed by atoms with Gasteiger partial charge in [0.15, 0.2) is 0 Å². The molecule has 0 saturated carbocycles. The number of anilines is 2. The summed E-state index contributed by atoms with van der Waals surface area (Å²) in [5, 5.41) is 12.2. The van der Waals surface area contributed by atoms with Crippen molar-refractivity contribution in [2.75, 3.05) is 11.1 Å². The monoisotopic (exact) mass is 266 g/mol. The summed E-state index contributed by atoms with van der Waals surface area (Å²) in [5.41, 5.74) is 9.04. The third-order valence-corrected chi connectivity index (χ3v) is 3.14. The van der Waals surface area contributed by atoms with Crippen LogP contribution in [0.5, 0.6) is 0 Å². The number of nitriles is 1. The first-order chi connectivity index (χ1) is 9.60. The largest absolute Gasteiger partial charge is 0.397 e. The molecule has 0 fully saturated rings. The highest BCUT2D eigenvalue weighted by atomic mass is 15.0. The number of hydrogen-bond donors (Lipinski definition) is 2. The average molecular weight is 266 g/mol. The first-order valence-electron chi connectivity index (χ1n) is 6.58. The van der Waals surface area contributed by atoms with Crippen molar-refractivity contribution in [1.82, 2.24) is 4.98 Å². The van der Waals surface area contributed by atoms with E-state index in [1.165, 1.54) is 5.56 Å². The Kier molecular flexibility index (Phi) is 4.21. The summed E-state index contributed by atoms with van der Waals surface area (Å²) in [6.07, 6.45) is 1.55. The SMILES string of the molecule is CC(C)c1ccc(CNc2ncc(N)cc2C#N)cc1. The van der Waals surface area contributed by atoms with Gasteiger partial charge >= 0.3 is 0 Å². The fourth-order valence-electron chi connectivity index (χ4n) is 1.91. The van der Waals surface area contributed by atoms with Gasteiger partial charge in [-0.1, -0.05) is 38.1 Å². The Bertz CT molecular complexity index is 624. The zero-order valence-electron chi connectivity index (χ0n) is 11.7. The Hall–Kier alpha value is -2.54. The molecule has 0 radical (unpaired) electrons. The van der Waals surface area contributed by atoms with Crippen LogP contribution < -0.4 is 11.1 Å². The van der Waals surface area contributed by atoms with Gasteiger partial charge in [-0.2, -0.15) is 5.26 Å². The number of rotatable bonds is 4. The lowest BCUT2D eigenvalue weighted by molar-refractivity contribution is 0.865. The fourth-order valence-corrected chi connectivity index (χ4v) is 1.91. The molecule has 3 N–H and O–H groups in total. The van der Waals surface area contributed by atoms with Crippen LogP contribution in [0.4, 0.5) is 11.5 Å². The maximum atomic E-state index is 9.05. The van der Waals surface area contributed by atoms with Gasteiger partial charge in [-0.3, -0.25) is 0 Å². The van der Waals surface area contributed by atoms with Crippen LogP contribution in [-0.2, 0) is 6.54 Å². The van der Waals surface area contributed by atoms with E-state index in [4.69, 9.17) is 11.0 Å². The van der Waals surface area contributed by atoms with Crippen LogP contribution in [0.15, 0.2) is 36.5 Å². The first kappa shape index (κ1) is 13.9. The summed E-state index contributed by atoms with van der Waals surface area (Å²) in [4.78, 5) is 4.15. The van der Waals surface area contributed by atoms with Gasteiger partial charge in [0, 0.05) is 6.54 Å². The number of hydrogen-bond acceptors (Lipinski definition) is 4. The highest BCUT2D eigenvalue weighted by molar-refractivity contribution is 5.57. The number of benzene rings is 1. The minimum atomic E-state index is 0.462. The molecule has 4 nitrogen and oxygen atoms in total. The van der Waals surface area contributed by atoms with Crippen LogP contribution in [0.3, 0.4) is 0 Å². The fraction of sp³-hybridized carbons (Fsp3) is 0.250. The molecule has 1 heterocycles. The van der Waals surface area contributed by atoms with Gasteiger partial charge in [0.25, 0.3) is 0 Å². The molecule has 0 aliphatic heterocycles. The van der Waals surface area contributed by atoms with Crippen molar-refractivity contribution in [1.29, 1.82) is 5.26 Å². The summed E-state index contributed by atoms with van der Waals surface area (Å²) in [6, 6.07) is 12.1. The molecule has 20 heavy (non-hydrogen) atoms. The smallest absolute Gasteiger partial charge is 0.144 e. The molecule has 0 atom stereocenters. The summed E-state index contributed by atoms with van der Waals surface area (Å²) in [6.45, 7) is 4.97. The zero-order chi connectivity index (χ0) is 14.5. The zero-order valence-corrected chi connectivity index (χ0v) is 11.7. The second-order valence-corrected chi connectivity index (χ2v) is 5.03. The number of nitrogens with two attached hydrogens (primary N) is 1. The molecule has 2 rings (SSSR count). The van der Waals surface area contributed by atoms with E-state index in [-0.39, 0.29) is 0 Å². The lowest BCUT2D eigenvalue weighted by atomic mass is 10.0. The Balaban J connectivity index is 2.07. The van der Waals surface area contributed by atoms with E-state index in [1.54, 1.807) is 12.3 Å².